The average Bonchev–Trinajstić information content (AvgIpc) is 3.05. The lowest BCUT2D eigenvalue weighted by Crippen LogP contribution is -2.29. The summed E-state index contributed by atoms with van der Waals surface area (Å²) in [6, 6.07) is 10.2. The molecule has 7 nitrogen and oxygen atoms in total. The zero-order valence-corrected chi connectivity index (χ0v) is 16.4. The SMILES string of the molecule is CCc1cccc(C)c1N1CC(C(=O)Nc2cc(CC(=O)O)ccc2O)CC1=O. The van der Waals surface area contributed by atoms with Gasteiger partial charge in [-0.3, -0.25) is 14.4 Å². The highest BCUT2D eigenvalue weighted by molar-refractivity contribution is 6.04. The molecule has 0 aromatic heterocycles. The standard InChI is InChI=1S/C22H24N2O5/c1-3-15-6-4-5-13(2)21(15)24-12-16(11-19(24)26)22(29)23-17-9-14(10-20(27)28)7-8-18(17)25/h4-9,16,25H,3,10-12H2,1-2H3,(H,23,29)(H,27,28). The number of carboxylic acid groups (broad SMARTS) is 1. The van der Waals surface area contributed by atoms with Crippen LogP contribution >= 0.6 is 0 Å². The van der Waals surface area contributed by atoms with Gasteiger partial charge in [-0.1, -0.05) is 31.2 Å². The number of anilines is 2. The third kappa shape index (κ3) is 4.39. The fourth-order valence-electron chi connectivity index (χ4n) is 3.69. The Balaban J connectivity index is 1.77. The van der Waals surface area contributed by atoms with E-state index < -0.39 is 11.9 Å². The molecule has 1 aliphatic rings. The van der Waals surface area contributed by atoms with Gasteiger partial charge in [0.1, 0.15) is 5.75 Å². The highest BCUT2D eigenvalue weighted by Crippen LogP contribution is 2.33. The maximum atomic E-state index is 12.7. The molecule has 1 saturated heterocycles. The first kappa shape index (κ1) is 20.4. The largest absolute Gasteiger partial charge is 0.506 e. The lowest BCUT2D eigenvalue weighted by atomic mass is 10.0. The smallest absolute Gasteiger partial charge is 0.307 e. The van der Waals surface area contributed by atoms with E-state index in [9.17, 15) is 19.5 Å². The number of phenols is 1. The molecule has 2 amide bonds. The second kappa shape index (κ2) is 8.34. The first-order valence-electron chi connectivity index (χ1n) is 9.53. The minimum atomic E-state index is -1.00. The van der Waals surface area contributed by atoms with Gasteiger partial charge in [-0.2, -0.15) is 0 Å². The van der Waals surface area contributed by atoms with Crippen LogP contribution in [0.3, 0.4) is 0 Å². The predicted octanol–water partition coefficient (Wildman–Crippen LogP) is 2.88. The maximum Gasteiger partial charge on any atom is 0.307 e. The summed E-state index contributed by atoms with van der Waals surface area (Å²) in [7, 11) is 0. The summed E-state index contributed by atoms with van der Waals surface area (Å²) in [5.41, 5.74) is 3.50. The number of phenolic OH excluding ortho intramolecular Hbond substituents is 1. The number of carbonyl (C=O) groups is 3. The predicted molar refractivity (Wildman–Crippen MR) is 109 cm³/mol. The number of aliphatic carboxylic acids is 1. The molecule has 1 fully saturated rings. The first-order chi connectivity index (χ1) is 13.8. The van der Waals surface area contributed by atoms with Crippen molar-refractivity contribution >= 4 is 29.2 Å². The lowest BCUT2D eigenvalue weighted by molar-refractivity contribution is -0.136. The summed E-state index contributed by atoms with van der Waals surface area (Å²) in [4.78, 5) is 37.9. The summed E-state index contributed by atoms with van der Waals surface area (Å²) >= 11 is 0. The molecular formula is C22H24N2O5. The molecule has 1 aliphatic heterocycles. The number of aryl methyl sites for hydroxylation is 2. The van der Waals surface area contributed by atoms with Crippen LogP contribution in [-0.2, 0) is 27.2 Å². The molecule has 1 heterocycles. The highest BCUT2D eigenvalue weighted by Gasteiger charge is 2.36. The number of para-hydroxylation sites is 1. The van der Waals surface area contributed by atoms with Gasteiger partial charge in [-0.15, -0.1) is 0 Å². The number of carbonyl (C=O) groups excluding carboxylic acids is 2. The maximum absolute atomic E-state index is 12.7. The van der Waals surface area contributed by atoms with E-state index in [1.54, 1.807) is 4.90 Å². The van der Waals surface area contributed by atoms with Gasteiger partial charge in [-0.05, 0) is 42.2 Å². The second-order valence-corrected chi connectivity index (χ2v) is 7.25. The van der Waals surface area contributed by atoms with E-state index in [0.717, 1.165) is 23.2 Å². The van der Waals surface area contributed by atoms with Gasteiger partial charge in [0.2, 0.25) is 11.8 Å². The third-order valence-electron chi connectivity index (χ3n) is 5.14. The molecule has 0 saturated carbocycles. The molecule has 29 heavy (non-hydrogen) atoms. The van der Waals surface area contributed by atoms with Crippen molar-refractivity contribution in [1.29, 1.82) is 0 Å². The number of amides is 2. The Hall–Kier alpha value is -3.35. The van der Waals surface area contributed by atoms with Gasteiger partial charge >= 0.3 is 5.97 Å². The van der Waals surface area contributed by atoms with E-state index in [2.05, 4.69) is 5.32 Å². The molecule has 2 aromatic rings. The number of aromatic hydroxyl groups is 1. The molecule has 0 aliphatic carbocycles. The molecule has 3 N–H and O–H groups in total. The zero-order valence-electron chi connectivity index (χ0n) is 16.4. The normalized spacial score (nSPS) is 16.1. The Labute approximate surface area is 169 Å². The zero-order chi connectivity index (χ0) is 21.1. The van der Waals surface area contributed by atoms with Crippen molar-refractivity contribution in [3.05, 3.63) is 53.1 Å². The van der Waals surface area contributed by atoms with Gasteiger partial charge in [0.05, 0.1) is 18.0 Å². The Morgan fingerprint density at radius 1 is 1.24 bits per heavy atom. The Bertz CT molecular complexity index is 970. The number of hydrogen-bond acceptors (Lipinski definition) is 4. The van der Waals surface area contributed by atoms with Crippen LogP contribution in [0.25, 0.3) is 0 Å². The fraction of sp³-hybridized carbons (Fsp3) is 0.318. The van der Waals surface area contributed by atoms with Gasteiger partial charge in [0.15, 0.2) is 0 Å². The Kier molecular flexibility index (Phi) is 5.87. The van der Waals surface area contributed by atoms with Crippen molar-refractivity contribution in [2.75, 3.05) is 16.8 Å². The summed E-state index contributed by atoms with van der Waals surface area (Å²) in [6.07, 6.45) is 0.646. The molecule has 0 radical (unpaired) electrons. The third-order valence-corrected chi connectivity index (χ3v) is 5.14. The minimum Gasteiger partial charge on any atom is -0.506 e. The monoisotopic (exact) mass is 396 g/mol. The molecular weight excluding hydrogens is 372 g/mol. The van der Waals surface area contributed by atoms with Gasteiger partial charge in [0, 0.05) is 18.7 Å². The van der Waals surface area contributed by atoms with Gasteiger partial charge in [0.25, 0.3) is 0 Å². The van der Waals surface area contributed by atoms with Crippen LogP contribution in [0, 0.1) is 12.8 Å². The van der Waals surface area contributed by atoms with E-state index in [-0.39, 0.29) is 42.6 Å². The molecule has 0 spiro atoms. The van der Waals surface area contributed by atoms with Crippen LogP contribution < -0.4 is 10.2 Å². The molecule has 152 valence electrons. The lowest BCUT2D eigenvalue weighted by Gasteiger charge is -2.22. The topological polar surface area (TPSA) is 107 Å². The molecule has 7 heteroatoms. The van der Waals surface area contributed by atoms with Crippen molar-refractivity contribution < 1.29 is 24.6 Å². The van der Waals surface area contributed by atoms with Crippen LogP contribution in [0.15, 0.2) is 36.4 Å². The van der Waals surface area contributed by atoms with Crippen molar-refractivity contribution in [3.8, 4) is 5.75 Å². The molecule has 1 unspecified atom stereocenters. The van der Waals surface area contributed by atoms with Crippen LogP contribution in [0.1, 0.15) is 30.0 Å². The summed E-state index contributed by atoms with van der Waals surface area (Å²) in [5, 5.41) is 21.6. The van der Waals surface area contributed by atoms with Crippen molar-refractivity contribution in [2.24, 2.45) is 5.92 Å². The van der Waals surface area contributed by atoms with E-state index >= 15 is 0 Å². The fourth-order valence-corrected chi connectivity index (χ4v) is 3.69. The Morgan fingerprint density at radius 2 is 2.00 bits per heavy atom. The van der Waals surface area contributed by atoms with Crippen molar-refractivity contribution in [2.45, 2.75) is 33.1 Å². The van der Waals surface area contributed by atoms with Crippen molar-refractivity contribution in [1.82, 2.24) is 0 Å². The van der Waals surface area contributed by atoms with Crippen LogP contribution in [0.2, 0.25) is 0 Å². The Morgan fingerprint density at radius 3 is 2.69 bits per heavy atom. The second-order valence-electron chi connectivity index (χ2n) is 7.25. The van der Waals surface area contributed by atoms with Gasteiger partial charge in [-0.25, -0.2) is 0 Å². The van der Waals surface area contributed by atoms with E-state index in [4.69, 9.17) is 5.11 Å². The van der Waals surface area contributed by atoms with Crippen LogP contribution in [-0.4, -0.2) is 34.5 Å². The number of nitrogens with zero attached hydrogens (tertiary/aromatic N) is 1. The van der Waals surface area contributed by atoms with Crippen molar-refractivity contribution in [3.63, 3.8) is 0 Å². The number of carboxylic acids is 1. The van der Waals surface area contributed by atoms with Crippen LogP contribution in [0.5, 0.6) is 5.75 Å². The van der Waals surface area contributed by atoms with E-state index in [1.807, 2.05) is 32.0 Å². The average molecular weight is 396 g/mol. The molecule has 2 aromatic carbocycles. The summed E-state index contributed by atoms with van der Waals surface area (Å²) in [5.74, 6) is -2.21. The highest BCUT2D eigenvalue weighted by atomic mass is 16.4. The number of nitrogens with one attached hydrogen (secondary N) is 1. The molecule has 0 bridgehead atoms. The van der Waals surface area contributed by atoms with Crippen LogP contribution in [0.4, 0.5) is 11.4 Å². The number of hydrogen-bond donors (Lipinski definition) is 3. The van der Waals surface area contributed by atoms with E-state index in [0.29, 0.717) is 5.56 Å². The molecule has 3 rings (SSSR count). The number of rotatable bonds is 6. The summed E-state index contributed by atoms with van der Waals surface area (Å²) < 4.78 is 0. The summed E-state index contributed by atoms with van der Waals surface area (Å²) in [6.45, 7) is 4.23. The first-order valence-corrected chi connectivity index (χ1v) is 9.53. The van der Waals surface area contributed by atoms with E-state index in [1.165, 1.54) is 18.2 Å². The number of benzene rings is 2. The quantitative estimate of drug-likeness (QED) is 0.651. The van der Waals surface area contributed by atoms with Gasteiger partial charge < -0.3 is 20.4 Å². The minimum absolute atomic E-state index is 0.0822. The molecule has 1 atom stereocenters.